The molecule has 0 bridgehead atoms. The van der Waals surface area contributed by atoms with Crippen molar-refractivity contribution in [2.24, 2.45) is 11.0 Å². The molecule has 1 unspecified atom stereocenters. The summed E-state index contributed by atoms with van der Waals surface area (Å²) < 4.78 is 5.63. The Kier molecular flexibility index (Phi) is 4.78. The van der Waals surface area contributed by atoms with Crippen molar-refractivity contribution in [3.8, 4) is 5.75 Å². The predicted molar refractivity (Wildman–Crippen MR) is 86.4 cm³/mol. The molecule has 1 heterocycles. The van der Waals surface area contributed by atoms with Gasteiger partial charge in [-0.05, 0) is 38.5 Å². The maximum absolute atomic E-state index is 11.3. The number of nitrogens with one attached hydrogen (secondary N) is 1. The number of carbonyl (C=O) groups excluding carboxylic acids is 1. The molecule has 6 heteroatoms. The number of hydrazone groups is 1. The van der Waals surface area contributed by atoms with Crippen molar-refractivity contribution in [3.63, 3.8) is 0 Å². The van der Waals surface area contributed by atoms with Gasteiger partial charge in [0.25, 0.3) is 0 Å². The molecule has 5 nitrogen and oxygen atoms in total. The Bertz CT molecular complexity index is 597. The summed E-state index contributed by atoms with van der Waals surface area (Å²) in [7, 11) is 0. The van der Waals surface area contributed by atoms with E-state index in [0.29, 0.717) is 17.2 Å². The van der Waals surface area contributed by atoms with Crippen LogP contribution in [0.3, 0.4) is 0 Å². The smallest absolute Gasteiger partial charge is 0.240 e. The molecule has 120 valence electrons. The molecule has 0 spiro atoms. The van der Waals surface area contributed by atoms with Crippen LogP contribution in [0.1, 0.15) is 38.3 Å². The van der Waals surface area contributed by atoms with E-state index in [0.717, 1.165) is 16.8 Å². The molecule has 1 aromatic rings. The Morgan fingerprint density at radius 2 is 2.18 bits per heavy atom. The molecule has 0 aromatic heterocycles. The summed E-state index contributed by atoms with van der Waals surface area (Å²) in [5, 5.41) is 14.4. The SMILES string of the molecule is Cc1cc(C2=NNC(=O)CC2C)cc(Cl)c1OCC(C)(C)O. The number of rotatable bonds is 4. The Balaban J connectivity index is 2.28. The summed E-state index contributed by atoms with van der Waals surface area (Å²) in [5.74, 6) is 0.511. The van der Waals surface area contributed by atoms with Gasteiger partial charge in [0, 0.05) is 17.9 Å². The highest BCUT2D eigenvalue weighted by molar-refractivity contribution is 6.32. The lowest BCUT2D eigenvalue weighted by atomic mass is 9.93. The fourth-order valence-corrected chi connectivity index (χ4v) is 2.63. The number of amides is 1. The van der Waals surface area contributed by atoms with Crippen LogP contribution in [0.4, 0.5) is 0 Å². The Morgan fingerprint density at radius 1 is 1.50 bits per heavy atom. The van der Waals surface area contributed by atoms with Crippen LogP contribution in [0.25, 0.3) is 0 Å². The number of hydrogen-bond donors (Lipinski definition) is 2. The van der Waals surface area contributed by atoms with Gasteiger partial charge in [0.2, 0.25) is 5.91 Å². The third-order valence-electron chi connectivity index (χ3n) is 3.35. The first-order chi connectivity index (χ1) is 10.2. The minimum Gasteiger partial charge on any atom is -0.489 e. The maximum atomic E-state index is 11.3. The van der Waals surface area contributed by atoms with Crippen LogP contribution in [0.2, 0.25) is 5.02 Å². The second-order valence-corrected chi connectivity index (χ2v) is 6.75. The number of hydrogen-bond acceptors (Lipinski definition) is 4. The van der Waals surface area contributed by atoms with Gasteiger partial charge >= 0.3 is 0 Å². The number of ether oxygens (including phenoxy) is 1. The lowest BCUT2D eigenvalue weighted by Crippen LogP contribution is -2.32. The van der Waals surface area contributed by atoms with E-state index in [2.05, 4.69) is 10.5 Å². The summed E-state index contributed by atoms with van der Waals surface area (Å²) in [6.45, 7) is 7.35. The molecule has 0 radical (unpaired) electrons. The lowest BCUT2D eigenvalue weighted by Gasteiger charge is -2.22. The molecule has 1 amide bonds. The van der Waals surface area contributed by atoms with E-state index in [-0.39, 0.29) is 18.4 Å². The topological polar surface area (TPSA) is 70.9 Å². The number of carbonyl (C=O) groups is 1. The van der Waals surface area contributed by atoms with Gasteiger partial charge in [-0.15, -0.1) is 0 Å². The lowest BCUT2D eigenvalue weighted by molar-refractivity contribution is -0.121. The van der Waals surface area contributed by atoms with Crippen LogP contribution in [0.5, 0.6) is 5.75 Å². The van der Waals surface area contributed by atoms with Gasteiger partial charge in [0.15, 0.2) is 0 Å². The molecule has 0 saturated carbocycles. The molecular formula is C16H21ClN2O3. The first-order valence-electron chi connectivity index (χ1n) is 7.19. The van der Waals surface area contributed by atoms with E-state index in [9.17, 15) is 9.90 Å². The average Bonchev–Trinajstić information content (AvgIpc) is 2.36. The zero-order valence-corrected chi connectivity index (χ0v) is 14.0. The second kappa shape index (κ2) is 6.26. The van der Waals surface area contributed by atoms with Gasteiger partial charge in [0.05, 0.1) is 16.3 Å². The normalized spacial score (nSPS) is 18.7. The van der Waals surface area contributed by atoms with Gasteiger partial charge in [0.1, 0.15) is 12.4 Å². The number of aliphatic hydroxyl groups is 1. The van der Waals surface area contributed by atoms with Crippen molar-refractivity contribution in [1.82, 2.24) is 5.43 Å². The molecule has 22 heavy (non-hydrogen) atoms. The van der Waals surface area contributed by atoms with E-state index >= 15 is 0 Å². The number of aryl methyl sites for hydroxylation is 1. The highest BCUT2D eigenvalue weighted by Gasteiger charge is 2.23. The van der Waals surface area contributed by atoms with Crippen LogP contribution in [-0.4, -0.2) is 28.9 Å². The molecule has 1 aromatic carbocycles. The molecule has 1 atom stereocenters. The minimum absolute atomic E-state index is 0.0346. The summed E-state index contributed by atoms with van der Waals surface area (Å²) in [4.78, 5) is 11.3. The summed E-state index contributed by atoms with van der Waals surface area (Å²) in [6, 6.07) is 3.71. The summed E-state index contributed by atoms with van der Waals surface area (Å²) in [6.07, 6.45) is 0.409. The van der Waals surface area contributed by atoms with E-state index in [1.54, 1.807) is 19.9 Å². The molecule has 1 aliphatic rings. The highest BCUT2D eigenvalue weighted by atomic mass is 35.5. The van der Waals surface area contributed by atoms with Crippen LogP contribution >= 0.6 is 11.6 Å². The third-order valence-corrected chi connectivity index (χ3v) is 3.63. The van der Waals surface area contributed by atoms with Crippen molar-refractivity contribution in [1.29, 1.82) is 0 Å². The fourth-order valence-electron chi connectivity index (χ4n) is 2.31. The van der Waals surface area contributed by atoms with E-state index in [1.165, 1.54) is 0 Å². The molecule has 1 aliphatic heterocycles. The maximum Gasteiger partial charge on any atom is 0.240 e. The van der Waals surface area contributed by atoms with Gasteiger partial charge < -0.3 is 9.84 Å². The van der Waals surface area contributed by atoms with E-state index < -0.39 is 5.60 Å². The minimum atomic E-state index is -0.930. The molecule has 2 rings (SSSR count). The van der Waals surface area contributed by atoms with Crippen LogP contribution < -0.4 is 10.2 Å². The molecule has 2 N–H and O–H groups in total. The van der Waals surface area contributed by atoms with Gasteiger partial charge in [-0.1, -0.05) is 18.5 Å². The second-order valence-electron chi connectivity index (χ2n) is 6.34. The quantitative estimate of drug-likeness (QED) is 0.894. The monoisotopic (exact) mass is 324 g/mol. The van der Waals surface area contributed by atoms with Crippen molar-refractivity contribution in [2.45, 2.75) is 39.7 Å². The van der Waals surface area contributed by atoms with Gasteiger partial charge in [-0.2, -0.15) is 5.10 Å². The van der Waals surface area contributed by atoms with Crippen molar-refractivity contribution in [2.75, 3.05) is 6.61 Å². The Morgan fingerprint density at radius 3 is 2.73 bits per heavy atom. The van der Waals surface area contributed by atoms with Gasteiger partial charge in [-0.25, -0.2) is 5.43 Å². The molecule has 0 saturated heterocycles. The van der Waals surface area contributed by atoms with Crippen LogP contribution in [-0.2, 0) is 4.79 Å². The largest absolute Gasteiger partial charge is 0.489 e. The Labute approximate surface area is 135 Å². The summed E-state index contributed by atoms with van der Waals surface area (Å²) >= 11 is 6.31. The highest BCUT2D eigenvalue weighted by Crippen LogP contribution is 2.32. The first kappa shape index (κ1) is 16.8. The van der Waals surface area contributed by atoms with E-state index in [1.807, 2.05) is 19.9 Å². The molecular weight excluding hydrogens is 304 g/mol. The number of halogens is 1. The van der Waals surface area contributed by atoms with Crippen LogP contribution in [0, 0.1) is 12.8 Å². The zero-order chi connectivity index (χ0) is 16.5. The van der Waals surface area contributed by atoms with Crippen molar-refractivity contribution >= 4 is 23.2 Å². The molecule has 0 fully saturated rings. The molecule has 0 aliphatic carbocycles. The standard InChI is InChI=1S/C16H21ClN2O3/c1-9-6-13(20)18-19-14(9)11-5-10(2)15(12(17)7-11)22-8-16(3,4)21/h5,7,9,21H,6,8H2,1-4H3,(H,18,20). The zero-order valence-electron chi connectivity index (χ0n) is 13.2. The van der Waals surface area contributed by atoms with Gasteiger partial charge in [-0.3, -0.25) is 4.79 Å². The van der Waals surface area contributed by atoms with Crippen molar-refractivity contribution in [3.05, 3.63) is 28.3 Å². The third kappa shape index (κ3) is 3.99. The first-order valence-corrected chi connectivity index (χ1v) is 7.57. The predicted octanol–water partition coefficient (Wildman–Crippen LogP) is 2.66. The number of benzene rings is 1. The van der Waals surface area contributed by atoms with Crippen LogP contribution in [0.15, 0.2) is 17.2 Å². The van der Waals surface area contributed by atoms with Crippen molar-refractivity contribution < 1.29 is 14.6 Å². The van der Waals surface area contributed by atoms with E-state index in [4.69, 9.17) is 16.3 Å². The summed E-state index contributed by atoms with van der Waals surface area (Å²) in [5.41, 5.74) is 4.10. The Hall–Kier alpha value is -1.59. The average molecular weight is 325 g/mol. The number of nitrogens with zero attached hydrogens (tertiary/aromatic N) is 1. The fraction of sp³-hybridized carbons (Fsp3) is 0.500.